The first-order valence-corrected chi connectivity index (χ1v) is 7.57. The van der Waals surface area contributed by atoms with Crippen LogP contribution in [0.5, 0.6) is 0 Å². The van der Waals surface area contributed by atoms with Crippen LogP contribution < -0.4 is 5.73 Å². The molecule has 0 bridgehead atoms. The van der Waals surface area contributed by atoms with E-state index in [2.05, 4.69) is 31.0 Å². The van der Waals surface area contributed by atoms with Crippen molar-refractivity contribution in [1.82, 2.24) is 4.98 Å². The third-order valence-corrected chi connectivity index (χ3v) is 4.57. The van der Waals surface area contributed by atoms with Crippen molar-refractivity contribution in [3.63, 3.8) is 0 Å². The molecule has 1 aliphatic rings. The minimum Gasteiger partial charge on any atom is -0.358 e. The highest BCUT2D eigenvalue weighted by Crippen LogP contribution is 2.30. The predicted octanol–water partition coefficient (Wildman–Crippen LogP) is 3.63. The Morgan fingerprint density at radius 2 is 1.89 bits per heavy atom. The summed E-state index contributed by atoms with van der Waals surface area (Å²) in [5, 5.41) is 1.40. The summed E-state index contributed by atoms with van der Waals surface area (Å²) in [4.78, 5) is 3.55. The maximum atomic E-state index is 6.15. The number of aromatic amines is 1. The molecule has 2 heteroatoms. The minimum atomic E-state index is 0.272. The molecule has 1 aromatic heterocycles. The predicted molar refractivity (Wildman–Crippen MR) is 81.6 cm³/mol. The highest BCUT2D eigenvalue weighted by Gasteiger charge is 2.16. The lowest BCUT2D eigenvalue weighted by atomic mass is 9.89. The van der Waals surface area contributed by atoms with Crippen LogP contribution >= 0.6 is 0 Å². The fourth-order valence-electron chi connectivity index (χ4n) is 3.29. The molecule has 0 saturated heterocycles. The van der Waals surface area contributed by atoms with Crippen molar-refractivity contribution in [1.29, 1.82) is 0 Å². The summed E-state index contributed by atoms with van der Waals surface area (Å²) in [5.74, 6) is 0. The topological polar surface area (TPSA) is 41.8 Å². The third kappa shape index (κ3) is 2.30. The number of H-pyrrole nitrogens is 1. The fourth-order valence-corrected chi connectivity index (χ4v) is 3.29. The number of nitrogens with one attached hydrogen (secondary N) is 1. The first kappa shape index (κ1) is 12.7. The lowest BCUT2D eigenvalue weighted by molar-refractivity contribution is 0.646. The van der Waals surface area contributed by atoms with Crippen molar-refractivity contribution in [2.75, 3.05) is 0 Å². The second kappa shape index (κ2) is 5.01. The summed E-state index contributed by atoms with van der Waals surface area (Å²) in [7, 11) is 0. The number of hydrogen-bond donors (Lipinski definition) is 2. The van der Waals surface area contributed by atoms with Gasteiger partial charge in [-0.3, -0.25) is 0 Å². The highest BCUT2D eigenvalue weighted by molar-refractivity contribution is 5.86. The zero-order valence-corrected chi connectivity index (χ0v) is 12.1. The zero-order valence-electron chi connectivity index (χ0n) is 12.1. The Morgan fingerprint density at radius 3 is 2.58 bits per heavy atom. The molecule has 19 heavy (non-hydrogen) atoms. The van der Waals surface area contributed by atoms with E-state index < -0.39 is 0 Å². The number of nitrogens with two attached hydrogens (primary N) is 1. The minimum absolute atomic E-state index is 0.272. The van der Waals surface area contributed by atoms with Crippen molar-refractivity contribution < 1.29 is 0 Å². The van der Waals surface area contributed by atoms with Crippen LogP contribution in [0, 0.1) is 6.92 Å². The number of fused-ring (bicyclic) bond motifs is 2. The molecule has 1 heterocycles. The second-order valence-electron chi connectivity index (χ2n) is 5.97. The van der Waals surface area contributed by atoms with Crippen molar-refractivity contribution in [2.24, 2.45) is 5.73 Å². The normalized spacial score (nSPS) is 16.6. The highest BCUT2D eigenvalue weighted by atomic mass is 14.7. The standard InChI is InChI=1S/C17H24N2/c1-3-14(18)10-15-11(2)19-17-9-13-7-5-4-6-12(13)8-16(15)17/h8-9,14,19H,3-7,10,18H2,1-2H3. The van der Waals surface area contributed by atoms with Gasteiger partial charge in [-0.05, 0) is 74.3 Å². The molecule has 2 nitrogen and oxygen atoms in total. The summed E-state index contributed by atoms with van der Waals surface area (Å²) in [6.45, 7) is 4.34. The summed E-state index contributed by atoms with van der Waals surface area (Å²) < 4.78 is 0. The molecule has 0 aliphatic heterocycles. The molecule has 3 N–H and O–H groups in total. The summed E-state index contributed by atoms with van der Waals surface area (Å²) >= 11 is 0. The van der Waals surface area contributed by atoms with Crippen molar-refractivity contribution >= 4 is 10.9 Å². The lowest BCUT2D eigenvalue weighted by Crippen LogP contribution is -2.21. The van der Waals surface area contributed by atoms with Crippen LogP contribution in [0.15, 0.2) is 12.1 Å². The number of rotatable bonds is 3. The van der Waals surface area contributed by atoms with E-state index in [1.807, 2.05) is 0 Å². The van der Waals surface area contributed by atoms with Gasteiger partial charge in [-0.15, -0.1) is 0 Å². The third-order valence-electron chi connectivity index (χ3n) is 4.57. The molecule has 0 spiro atoms. The molecule has 0 radical (unpaired) electrons. The molecule has 102 valence electrons. The smallest absolute Gasteiger partial charge is 0.0461 e. The average Bonchev–Trinajstić information content (AvgIpc) is 2.72. The van der Waals surface area contributed by atoms with Crippen molar-refractivity contribution in [2.45, 2.75) is 58.4 Å². The van der Waals surface area contributed by atoms with Gasteiger partial charge in [-0.2, -0.15) is 0 Å². The van der Waals surface area contributed by atoms with E-state index in [0.717, 1.165) is 12.8 Å². The Balaban J connectivity index is 2.09. The molecular weight excluding hydrogens is 232 g/mol. The van der Waals surface area contributed by atoms with Crippen LogP contribution in [-0.2, 0) is 19.3 Å². The lowest BCUT2D eigenvalue weighted by Gasteiger charge is -2.16. The first-order valence-electron chi connectivity index (χ1n) is 7.57. The van der Waals surface area contributed by atoms with Crippen LogP contribution in [0.25, 0.3) is 10.9 Å². The monoisotopic (exact) mass is 256 g/mol. The summed E-state index contributed by atoms with van der Waals surface area (Å²) in [6, 6.07) is 5.07. The number of benzene rings is 1. The van der Waals surface area contributed by atoms with E-state index in [-0.39, 0.29) is 6.04 Å². The van der Waals surface area contributed by atoms with Gasteiger partial charge >= 0.3 is 0 Å². The molecule has 0 saturated carbocycles. The molecule has 0 fully saturated rings. The Labute approximate surface area is 115 Å². The zero-order chi connectivity index (χ0) is 13.4. The van der Waals surface area contributed by atoms with Gasteiger partial charge in [-0.25, -0.2) is 0 Å². The largest absolute Gasteiger partial charge is 0.358 e. The summed E-state index contributed by atoms with van der Waals surface area (Å²) in [5.41, 5.74) is 13.3. The van der Waals surface area contributed by atoms with Gasteiger partial charge in [0.2, 0.25) is 0 Å². The number of hydrogen-bond acceptors (Lipinski definition) is 1. The Hall–Kier alpha value is -1.28. The molecule has 0 amide bonds. The molecule has 2 aromatic rings. The Bertz CT molecular complexity index is 595. The van der Waals surface area contributed by atoms with Gasteiger partial charge in [0.25, 0.3) is 0 Å². The Morgan fingerprint density at radius 1 is 1.21 bits per heavy atom. The summed E-state index contributed by atoms with van der Waals surface area (Å²) in [6.07, 6.45) is 7.19. The maximum Gasteiger partial charge on any atom is 0.0461 e. The molecule has 1 aromatic carbocycles. The van der Waals surface area contributed by atoms with E-state index >= 15 is 0 Å². The number of aryl methyl sites for hydroxylation is 3. The molecule has 1 unspecified atom stereocenters. The fraction of sp³-hybridized carbons (Fsp3) is 0.529. The van der Waals surface area contributed by atoms with Crippen molar-refractivity contribution in [3.05, 3.63) is 34.5 Å². The van der Waals surface area contributed by atoms with E-state index in [4.69, 9.17) is 5.73 Å². The van der Waals surface area contributed by atoms with E-state index in [9.17, 15) is 0 Å². The second-order valence-corrected chi connectivity index (χ2v) is 5.97. The van der Waals surface area contributed by atoms with E-state index in [0.29, 0.717) is 0 Å². The van der Waals surface area contributed by atoms with Crippen LogP contribution in [0.1, 0.15) is 48.6 Å². The van der Waals surface area contributed by atoms with Gasteiger partial charge < -0.3 is 10.7 Å². The molecule has 1 atom stereocenters. The Kier molecular flexibility index (Phi) is 3.36. The molecule has 3 rings (SSSR count). The van der Waals surface area contributed by atoms with Crippen LogP contribution in [0.4, 0.5) is 0 Å². The van der Waals surface area contributed by atoms with Crippen LogP contribution in [0.2, 0.25) is 0 Å². The van der Waals surface area contributed by atoms with Gasteiger partial charge in [0.15, 0.2) is 0 Å². The van der Waals surface area contributed by atoms with Gasteiger partial charge in [-0.1, -0.05) is 6.92 Å². The van der Waals surface area contributed by atoms with Gasteiger partial charge in [0, 0.05) is 22.6 Å². The van der Waals surface area contributed by atoms with Gasteiger partial charge in [0.1, 0.15) is 0 Å². The van der Waals surface area contributed by atoms with Gasteiger partial charge in [0.05, 0.1) is 0 Å². The average molecular weight is 256 g/mol. The van der Waals surface area contributed by atoms with Crippen LogP contribution in [-0.4, -0.2) is 11.0 Å². The quantitative estimate of drug-likeness (QED) is 0.865. The SMILES string of the molecule is CCC(N)Cc1c(C)[nH]c2cc3c(cc12)CCCC3. The molecule has 1 aliphatic carbocycles. The first-order chi connectivity index (χ1) is 9.19. The van der Waals surface area contributed by atoms with Crippen LogP contribution in [0.3, 0.4) is 0 Å². The van der Waals surface area contributed by atoms with E-state index in [1.54, 1.807) is 11.1 Å². The maximum absolute atomic E-state index is 6.15. The van der Waals surface area contributed by atoms with Crippen molar-refractivity contribution in [3.8, 4) is 0 Å². The number of aromatic nitrogens is 1. The molecular formula is C17H24N2. The van der Waals surface area contributed by atoms with E-state index in [1.165, 1.54) is 47.8 Å².